The van der Waals surface area contributed by atoms with Crippen molar-refractivity contribution in [2.75, 3.05) is 32.9 Å². The zero-order valence-electron chi connectivity index (χ0n) is 24.0. The van der Waals surface area contributed by atoms with E-state index in [4.69, 9.17) is 19.7 Å². The second-order valence-electron chi connectivity index (χ2n) is 9.92. The Hall–Kier alpha value is -6.22. The molecular weight excluding hydrogens is 584 g/mol. The van der Waals surface area contributed by atoms with Crippen LogP contribution in [-0.2, 0) is 0 Å². The number of aromatic nitrogens is 4. The number of pyridine rings is 2. The standard InChI is InChI=1S/C17H19N5O2.C13H7N3O5/c1-22(2)7-6-20-16(23)11-8-12(10-13(18)9-11)17-21-15-14(24-17)4-3-5-19-15;17-13(18)8-4-7(5-9(6-8)16(19)20)12-15-11-10(21-12)2-1-3-14-11/h3-5,8-10H,6-7,18H2,1-2H3,(H,20,23);1-6H,(H,17,18). The molecule has 4 N–H and O–H groups in total. The quantitative estimate of drug-likeness (QED) is 0.125. The Morgan fingerprint density at radius 3 is 2.02 bits per heavy atom. The van der Waals surface area contributed by atoms with E-state index in [0.717, 1.165) is 12.6 Å². The van der Waals surface area contributed by atoms with Crippen LogP contribution in [0.1, 0.15) is 20.7 Å². The monoisotopic (exact) mass is 610 g/mol. The van der Waals surface area contributed by atoms with Crippen molar-refractivity contribution >= 4 is 45.7 Å². The first-order valence-electron chi connectivity index (χ1n) is 13.4. The summed E-state index contributed by atoms with van der Waals surface area (Å²) in [6, 6.07) is 15.4. The van der Waals surface area contributed by atoms with Gasteiger partial charge >= 0.3 is 5.97 Å². The number of non-ortho nitro benzene ring substituents is 1. The lowest BCUT2D eigenvalue weighted by Crippen LogP contribution is -2.31. The van der Waals surface area contributed by atoms with Crippen molar-refractivity contribution in [3.05, 3.63) is 94.3 Å². The lowest BCUT2D eigenvalue weighted by molar-refractivity contribution is -0.384. The summed E-state index contributed by atoms with van der Waals surface area (Å²) in [6.45, 7) is 1.32. The van der Waals surface area contributed by atoms with Crippen LogP contribution in [-0.4, -0.2) is 73.9 Å². The second-order valence-corrected chi connectivity index (χ2v) is 9.92. The van der Waals surface area contributed by atoms with Gasteiger partial charge in [0.05, 0.1) is 10.5 Å². The number of nitrogen functional groups attached to an aromatic ring is 1. The molecule has 15 nitrogen and oxygen atoms in total. The fourth-order valence-corrected chi connectivity index (χ4v) is 4.15. The van der Waals surface area contributed by atoms with Gasteiger partial charge in [0.1, 0.15) is 0 Å². The zero-order chi connectivity index (χ0) is 32.1. The Balaban J connectivity index is 0.000000179. The highest BCUT2D eigenvalue weighted by molar-refractivity contribution is 5.96. The SMILES string of the molecule is CN(C)CCNC(=O)c1cc(N)cc(-c2nc3ncccc3o2)c1.O=C(O)c1cc(-c2nc3ncccc3o2)cc([N+](=O)[O-])c1. The van der Waals surface area contributed by atoms with Crippen LogP contribution in [0.4, 0.5) is 11.4 Å². The van der Waals surface area contributed by atoms with Gasteiger partial charge in [0.25, 0.3) is 11.6 Å². The number of benzene rings is 2. The summed E-state index contributed by atoms with van der Waals surface area (Å²) in [7, 11) is 3.90. The first-order valence-corrected chi connectivity index (χ1v) is 13.4. The van der Waals surface area contributed by atoms with Crippen molar-refractivity contribution in [3.8, 4) is 22.9 Å². The molecule has 0 aliphatic heterocycles. The molecule has 45 heavy (non-hydrogen) atoms. The fourth-order valence-electron chi connectivity index (χ4n) is 4.15. The molecule has 0 fully saturated rings. The number of nitrogens with zero attached hydrogens (tertiary/aromatic N) is 6. The van der Waals surface area contributed by atoms with Gasteiger partial charge in [0, 0.05) is 60.0 Å². The number of nitrogens with two attached hydrogens (primary N) is 1. The van der Waals surface area contributed by atoms with Crippen LogP contribution in [0.15, 0.2) is 81.9 Å². The number of nitrogens with one attached hydrogen (secondary N) is 1. The first kappa shape index (κ1) is 30.2. The van der Waals surface area contributed by atoms with Crippen molar-refractivity contribution in [2.24, 2.45) is 0 Å². The van der Waals surface area contributed by atoms with Gasteiger partial charge in [0.2, 0.25) is 11.8 Å². The van der Waals surface area contributed by atoms with E-state index in [1.165, 1.54) is 18.3 Å². The van der Waals surface area contributed by atoms with Gasteiger partial charge in [0.15, 0.2) is 22.5 Å². The molecule has 228 valence electrons. The highest BCUT2D eigenvalue weighted by Gasteiger charge is 2.18. The molecule has 6 aromatic rings. The normalized spacial score (nSPS) is 10.9. The minimum absolute atomic E-state index is 0.0786. The average molecular weight is 611 g/mol. The van der Waals surface area contributed by atoms with E-state index in [1.54, 1.807) is 48.7 Å². The molecule has 0 unspecified atom stereocenters. The Kier molecular flexibility index (Phi) is 8.72. The number of anilines is 1. The molecule has 0 radical (unpaired) electrons. The molecular formula is C30H26N8O7. The summed E-state index contributed by atoms with van der Waals surface area (Å²) in [5.74, 6) is -0.984. The van der Waals surface area contributed by atoms with E-state index >= 15 is 0 Å². The highest BCUT2D eigenvalue weighted by Crippen LogP contribution is 2.28. The molecule has 0 spiro atoms. The summed E-state index contributed by atoms with van der Waals surface area (Å²) in [6.07, 6.45) is 3.18. The number of carboxylic acids is 1. The number of carboxylic acid groups (broad SMARTS) is 1. The van der Waals surface area contributed by atoms with Gasteiger partial charge in [-0.05, 0) is 62.6 Å². The number of hydrogen-bond donors (Lipinski definition) is 3. The number of hydrogen-bond acceptors (Lipinski definition) is 12. The number of carbonyl (C=O) groups is 2. The molecule has 4 heterocycles. The van der Waals surface area contributed by atoms with E-state index in [9.17, 15) is 19.7 Å². The van der Waals surface area contributed by atoms with E-state index in [-0.39, 0.29) is 28.6 Å². The fraction of sp³-hybridized carbons (Fsp3) is 0.133. The molecule has 0 saturated heterocycles. The summed E-state index contributed by atoms with van der Waals surface area (Å²) in [5, 5.41) is 22.8. The van der Waals surface area contributed by atoms with Gasteiger partial charge in [-0.25, -0.2) is 14.8 Å². The van der Waals surface area contributed by atoms with Gasteiger partial charge in [-0.15, -0.1) is 0 Å². The third-order valence-electron chi connectivity index (χ3n) is 6.26. The molecule has 2 aromatic carbocycles. The van der Waals surface area contributed by atoms with Gasteiger partial charge in [-0.1, -0.05) is 0 Å². The third-order valence-corrected chi connectivity index (χ3v) is 6.26. The van der Waals surface area contributed by atoms with Crippen molar-refractivity contribution < 1.29 is 28.5 Å². The smallest absolute Gasteiger partial charge is 0.335 e. The number of nitro groups is 1. The number of aromatic carboxylic acids is 1. The molecule has 0 saturated carbocycles. The summed E-state index contributed by atoms with van der Waals surface area (Å²) in [5.41, 5.74) is 9.03. The average Bonchev–Trinajstić information content (AvgIpc) is 3.65. The van der Waals surface area contributed by atoms with E-state index in [0.29, 0.717) is 51.7 Å². The van der Waals surface area contributed by atoms with Crippen molar-refractivity contribution in [1.29, 1.82) is 0 Å². The van der Waals surface area contributed by atoms with Crippen LogP contribution >= 0.6 is 0 Å². The van der Waals surface area contributed by atoms with E-state index in [1.807, 2.05) is 19.0 Å². The lowest BCUT2D eigenvalue weighted by Gasteiger charge is -2.11. The Labute approximate surface area is 254 Å². The van der Waals surface area contributed by atoms with Gasteiger partial charge in [-0.3, -0.25) is 14.9 Å². The third kappa shape index (κ3) is 7.23. The maximum absolute atomic E-state index is 12.3. The summed E-state index contributed by atoms with van der Waals surface area (Å²) >= 11 is 0. The molecule has 0 aliphatic carbocycles. The van der Waals surface area contributed by atoms with Crippen LogP contribution < -0.4 is 11.1 Å². The van der Waals surface area contributed by atoms with Gasteiger partial charge in [-0.2, -0.15) is 9.97 Å². The molecule has 6 rings (SSSR count). The van der Waals surface area contributed by atoms with Crippen LogP contribution in [0.5, 0.6) is 0 Å². The maximum Gasteiger partial charge on any atom is 0.335 e. The van der Waals surface area contributed by atoms with Crippen LogP contribution in [0, 0.1) is 10.1 Å². The molecule has 0 atom stereocenters. The number of likely N-dealkylation sites (N-methyl/N-ethyl adjacent to an activating group) is 1. The minimum atomic E-state index is -1.27. The number of nitro benzene ring substituents is 1. The number of amides is 1. The van der Waals surface area contributed by atoms with Crippen molar-refractivity contribution in [3.63, 3.8) is 0 Å². The molecule has 0 bridgehead atoms. The minimum Gasteiger partial charge on any atom is -0.478 e. The van der Waals surface area contributed by atoms with Crippen LogP contribution in [0.2, 0.25) is 0 Å². The van der Waals surface area contributed by atoms with Crippen LogP contribution in [0.25, 0.3) is 45.4 Å². The summed E-state index contributed by atoms with van der Waals surface area (Å²) in [4.78, 5) is 52.1. The molecule has 15 heteroatoms. The van der Waals surface area contributed by atoms with Crippen molar-refractivity contribution in [1.82, 2.24) is 30.2 Å². The largest absolute Gasteiger partial charge is 0.478 e. The molecule has 1 amide bonds. The predicted octanol–water partition coefficient (Wildman–Crippen LogP) is 4.26. The number of carbonyl (C=O) groups excluding carboxylic acids is 1. The number of rotatable bonds is 8. The number of fused-ring (bicyclic) bond motifs is 2. The zero-order valence-corrected chi connectivity index (χ0v) is 24.0. The lowest BCUT2D eigenvalue weighted by atomic mass is 10.1. The highest BCUT2D eigenvalue weighted by atomic mass is 16.6. The second kappa shape index (κ2) is 13.0. The van der Waals surface area contributed by atoms with Crippen molar-refractivity contribution in [2.45, 2.75) is 0 Å². The maximum atomic E-state index is 12.3. The first-order chi connectivity index (χ1) is 21.6. The van der Waals surface area contributed by atoms with Gasteiger partial charge < -0.3 is 29.9 Å². The number of oxazole rings is 2. The van der Waals surface area contributed by atoms with Crippen LogP contribution in [0.3, 0.4) is 0 Å². The Morgan fingerprint density at radius 2 is 1.49 bits per heavy atom. The van der Waals surface area contributed by atoms with E-state index < -0.39 is 10.9 Å². The Bertz CT molecular complexity index is 1940. The predicted molar refractivity (Wildman–Crippen MR) is 163 cm³/mol. The van der Waals surface area contributed by atoms with E-state index in [2.05, 4.69) is 25.3 Å². The summed E-state index contributed by atoms with van der Waals surface area (Å²) < 4.78 is 11.1. The topological polar surface area (TPSA) is 217 Å². The Morgan fingerprint density at radius 1 is 0.911 bits per heavy atom. The molecule has 0 aliphatic rings. The molecule has 4 aromatic heterocycles.